The van der Waals surface area contributed by atoms with E-state index < -0.39 is 0 Å². The zero-order valence-electron chi connectivity index (χ0n) is 11.9. The highest BCUT2D eigenvalue weighted by atomic mass is 16.5. The van der Waals surface area contributed by atoms with E-state index in [1.54, 1.807) is 19.6 Å². The van der Waals surface area contributed by atoms with E-state index in [4.69, 9.17) is 9.15 Å². The Labute approximate surface area is 119 Å². The molecule has 3 heterocycles. The molecule has 2 aliphatic heterocycles. The number of carbonyl (C=O) groups excluding carboxylic acids is 1. The van der Waals surface area contributed by atoms with Crippen LogP contribution in [-0.4, -0.2) is 43.7 Å². The van der Waals surface area contributed by atoms with Gasteiger partial charge in [-0.05, 0) is 18.9 Å². The van der Waals surface area contributed by atoms with Crippen molar-refractivity contribution in [1.82, 2.24) is 10.2 Å². The summed E-state index contributed by atoms with van der Waals surface area (Å²) >= 11 is 0. The number of rotatable bonds is 3. The quantitative estimate of drug-likeness (QED) is 0.904. The van der Waals surface area contributed by atoms with Gasteiger partial charge in [-0.15, -0.1) is 0 Å². The van der Waals surface area contributed by atoms with Gasteiger partial charge in [-0.3, -0.25) is 9.69 Å². The Hall–Kier alpha value is -1.33. The van der Waals surface area contributed by atoms with Crippen LogP contribution in [-0.2, 0) is 16.1 Å². The third-order valence-corrected chi connectivity index (χ3v) is 4.52. The van der Waals surface area contributed by atoms with Crippen LogP contribution in [0.25, 0.3) is 0 Å². The second-order valence-electron chi connectivity index (χ2n) is 5.74. The van der Waals surface area contributed by atoms with E-state index in [0.717, 1.165) is 32.5 Å². The lowest BCUT2D eigenvalue weighted by atomic mass is 9.79. The Balaban J connectivity index is 1.67. The summed E-state index contributed by atoms with van der Waals surface area (Å²) in [5, 5.41) is 2.80. The van der Waals surface area contributed by atoms with Crippen molar-refractivity contribution in [2.24, 2.45) is 11.8 Å². The molecule has 0 saturated carbocycles. The van der Waals surface area contributed by atoms with Gasteiger partial charge < -0.3 is 14.5 Å². The van der Waals surface area contributed by atoms with Crippen LogP contribution in [0.15, 0.2) is 23.0 Å². The van der Waals surface area contributed by atoms with Gasteiger partial charge in [-0.25, -0.2) is 0 Å². The van der Waals surface area contributed by atoms with Gasteiger partial charge in [0.25, 0.3) is 0 Å². The summed E-state index contributed by atoms with van der Waals surface area (Å²) in [4.78, 5) is 14.4. The van der Waals surface area contributed by atoms with Crippen LogP contribution >= 0.6 is 0 Å². The second kappa shape index (κ2) is 5.97. The van der Waals surface area contributed by atoms with E-state index in [0.29, 0.717) is 12.5 Å². The average molecular weight is 278 g/mol. The number of hydrogen-bond donors (Lipinski definition) is 1. The Kier molecular flexibility index (Phi) is 4.08. The first kappa shape index (κ1) is 13.6. The van der Waals surface area contributed by atoms with Crippen LogP contribution in [0, 0.1) is 11.8 Å². The first-order valence-corrected chi connectivity index (χ1v) is 7.34. The summed E-state index contributed by atoms with van der Waals surface area (Å²) in [6.45, 7) is 3.54. The Morgan fingerprint density at radius 3 is 3.15 bits per heavy atom. The molecule has 2 aliphatic rings. The maximum Gasteiger partial charge on any atom is 0.223 e. The summed E-state index contributed by atoms with van der Waals surface area (Å²) in [5.41, 5.74) is 1.19. The molecule has 2 saturated heterocycles. The Morgan fingerprint density at radius 2 is 2.40 bits per heavy atom. The van der Waals surface area contributed by atoms with Crippen molar-refractivity contribution in [2.75, 3.05) is 26.7 Å². The maximum absolute atomic E-state index is 12.0. The number of nitrogens with zero attached hydrogens (tertiary/aromatic N) is 1. The topological polar surface area (TPSA) is 54.7 Å². The van der Waals surface area contributed by atoms with Crippen LogP contribution in [0.2, 0.25) is 0 Å². The lowest BCUT2D eigenvalue weighted by Crippen LogP contribution is -2.52. The minimum absolute atomic E-state index is 0.0888. The van der Waals surface area contributed by atoms with Crippen molar-refractivity contribution in [1.29, 1.82) is 0 Å². The summed E-state index contributed by atoms with van der Waals surface area (Å²) in [6, 6.07) is 2.00. The summed E-state index contributed by atoms with van der Waals surface area (Å²) in [6.07, 6.45) is 5.58. The average Bonchev–Trinajstić information content (AvgIpc) is 2.98. The SMILES string of the molecule is CNC(=O)[C@@H]1CCO[C@@H]2CCN(Cc3ccoc3)C[C@H]21. The molecule has 0 aliphatic carbocycles. The number of carbonyl (C=O) groups is 1. The molecule has 20 heavy (non-hydrogen) atoms. The molecule has 0 bridgehead atoms. The van der Waals surface area contributed by atoms with E-state index in [2.05, 4.69) is 10.2 Å². The van der Waals surface area contributed by atoms with Gasteiger partial charge >= 0.3 is 0 Å². The monoisotopic (exact) mass is 278 g/mol. The van der Waals surface area contributed by atoms with Gasteiger partial charge in [0, 0.05) is 50.7 Å². The molecule has 0 radical (unpaired) electrons. The Morgan fingerprint density at radius 1 is 1.50 bits per heavy atom. The van der Waals surface area contributed by atoms with Crippen molar-refractivity contribution >= 4 is 5.91 Å². The van der Waals surface area contributed by atoms with Crippen molar-refractivity contribution in [3.63, 3.8) is 0 Å². The molecule has 1 aromatic rings. The highest BCUT2D eigenvalue weighted by molar-refractivity contribution is 5.78. The van der Waals surface area contributed by atoms with Crippen molar-refractivity contribution in [2.45, 2.75) is 25.5 Å². The molecule has 1 amide bonds. The normalized spacial score (nSPS) is 30.8. The zero-order valence-corrected chi connectivity index (χ0v) is 11.9. The lowest BCUT2D eigenvalue weighted by molar-refractivity contribution is -0.141. The Bertz CT molecular complexity index is 446. The van der Waals surface area contributed by atoms with Crippen LogP contribution < -0.4 is 5.32 Å². The fourth-order valence-electron chi connectivity index (χ4n) is 3.48. The van der Waals surface area contributed by atoms with Gasteiger partial charge in [0.2, 0.25) is 5.91 Å². The number of hydrogen-bond acceptors (Lipinski definition) is 4. The summed E-state index contributed by atoms with van der Waals surface area (Å²) in [5.74, 6) is 0.559. The number of nitrogens with one attached hydrogen (secondary N) is 1. The second-order valence-corrected chi connectivity index (χ2v) is 5.74. The summed E-state index contributed by atoms with van der Waals surface area (Å²) < 4.78 is 11.0. The highest BCUT2D eigenvalue weighted by Gasteiger charge is 2.41. The molecule has 0 spiro atoms. The number of likely N-dealkylation sites (tertiary alicyclic amines) is 1. The van der Waals surface area contributed by atoms with E-state index in [1.165, 1.54) is 5.56 Å². The van der Waals surface area contributed by atoms with Gasteiger partial charge in [-0.1, -0.05) is 0 Å². The molecule has 2 fully saturated rings. The minimum atomic E-state index is 0.0888. The molecule has 0 aromatic carbocycles. The molecular weight excluding hydrogens is 256 g/mol. The van der Waals surface area contributed by atoms with Crippen molar-refractivity contribution in [3.05, 3.63) is 24.2 Å². The molecule has 0 unspecified atom stereocenters. The fraction of sp³-hybridized carbons (Fsp3) is 0.667. The zero-order chi connectivity index (χ0) is 13.9. The van der Waals surface area contributed by atoms with Gasteiger partial charge in [0.15, 0.2) is 0 Å². The van der Waals surface area contributed by atoms with Crippen LogP contribution in [0.5, 0.6) is 0 Å². The number of fused-ring (bicyclic) bond motifs is 1. The molecular formula is C15H22N2O3. The standard InChI is InChI=1S/C15H22N2O3/c1-16-15(18)12-4-7-20-14-2-5-17(9-13(12)14)8-11-3-6-19-10-11/h3,6,10,12-14H,2,4-5,7-9H2,1H3,(H,16,18)/t12-,13+,14-/m1/s1. The third-order valence-electron chi connectivity index (χ3n) is 4.52. The number of amides is 1. The van der Waals surface area contributed by atoms with E-state index >= 15 is 0 Å². The largest absolute Gasteiger partial charge is 0.472 e. The third kappa shape index (κ3) is 2.74. The van der Waals surface area contributed by atoms with E-state index in [1.807, 2.05) is 6.07 Å². The lowest BCUT2D eigenvalue weighted by Gasteiger charge is -2.44. The van der Waals surface area contributed by atoms with Gasteiger partial charge in [-0.2, -0.15) is 0 Å². The predicted molar refractivity (Wildman–Crippen MR) is 74.0 cm³/mol. The molecule has 1 N–H and O–H groups in total. The first-order chi connectivity index (χ1) is 9.78. The van der Waals surface area contributed by atoms with Crippen LogP contribution in [0.1, 0.15) is 18.4 Å². The van der Waals surface area contributed by atoms with E-state index in [-0.39, 0.29) is 17.9 Å². The molecule has 5 nitrogen and oxygen atoms in total. The van der Waals surface area contributed by atoms with E-state index in [9.17, 15) is 4.79 Å². The molecule has 1 aromatic heterocycles. The minimum Gasteiger partial charge on any atom is -0.472 e. The molecule has 3 atom stereocenters. The molecule has 110 valence electrons. The fourth-order valence-corrected chi connectivity index (χ4v) is 3.48. The highest BCUT2D eigenvalue weighted by Crippen LogP contribution is 2.33. The number of piperidine rings is 1. The predicted octanol–water partition coefficient (Wildman–Crippen LogP) is 1.25. The van der Waals surface area contributed by atoms with Crippen molar-refractivity contribution in [3.8, 4) is 0 Å². The summed E-state index contributed by atoms with van der Waals surface area (Å²) in [7, 11) is 1.72. The number of furan rings is 1. The van der Waals surface area contributed by atoms with Gasteiger partial charge in [0.1, 0.15) is 0 Å². The first-order valence-electron chi connectivity index (χ1n) is 7.34. The number of ether oxygens (including phenoxy) is 1. The molecule has 5 heteroatoms. The van der Waals surface area contributed by atoms with Gasteiger partial charge in [0.05, 0.1) is 18.6 Å². The van der Waals surface area contributed by atoms with Crippen LogP contribution in [0.4, 0.5) is 0 Å². The smallest absolute Gasteiger partial charge is 0.223 e. The molecule has 3 rings (SSSR count). The van der Waals surface area contributed by atoms with Crippen molar-refractivity contribution < 1.29 is 13.9 Å². The maximum atomic E-state index is 12.0. The van der Waals surface area contributed by atoms with Crippen LogP contribution in [0.3, 0.4) is 0 Å².